The van der Waals surface area contributed by atoms with Crippen LogP contribution in [0.3, 0.4) is 0 Å². The van der Waals surface area contributed by atoms with Crippen molar-refractivity contribution in [1.82, 2.24) is 9.71 Å². The van der Waals surface area contributed by atoms with E-state index in [1.54, 1.807) is 19.2 Å². The second-order valence-corrected chi connectivity index (χ2v) is 7.96. The number of benzene rings is 1. The van der Waals surface area contributed by atoms with Gasteiger partial charge >= 0.3 is 5.97 Å². The van der Waals surface area contributed by atoms with Crippen molar-refractivity contribution in [3.05, 3.63) is 53.7 Å². The maximum Gasteiger partial charge on any atom is 0.338 e. The second-order valence-electron chi connectivity index (χ2n) is 6.19. The highest BCUT2D eigenvalue weighted by atomic mass is 32.2. The van der Waals surface area contributed by atoms with Gasteiger partial charge in [0.1, 0.15) is 5.82 Å². The van der Waals surface area contributed by atoms with E-state index in [1.165, 1.54) is 24.3 Å². The standard InChI is InChI=1S/C19H23N3O5S/c1-2-27-19(23)16-3-5-17(6-4-16)28(24,25)21-14-15-7-8-20-18(13-15)22-9-11-26-12-10-22/h3-8,13,21H,2,9-12,14H2,1H3. The summed E-state index contributed by atoms with van der Waals surface area (Å²) in [5.74, 6) is 0.325. The van der Waals surface area contributed by atoms with E-state index in [-0.39, 0.29) is 18.0 Å². The molecule has 3 rings (SSSR count). The van der Waals surface area contributed by atoms with Gasteiger partial charge in [-0.15, -0.1) is 0 Å². The minimum absolute atomic E-state index is 0.0861. The van der Waals surface area contributed by atoms with Crippen LogP contribution in [0.15, 0.2) is 47.5 Å². The first-order valence-electron chi connectivity index (χ1n) is 9.04. The molecule has 1 aliphatic rings. The van der Waals surface area contributed by atoms with Crippen LogP contribution in [0.2, 0.25) is 0 Å². The molecule has 1 saturated heterocycles. The zero-order chi connectivity index (χ0) is 20.0. The maximum atomic E-state index is 12.5. The molecular formula is C19H23N3O5S. The fraction of sp³-hybridized carbons (Fsp3) is 0.368. The van der Waals surface area contributed by atoms with Crippen molar-refractivity contribution in [2.45, 2.75) is 18.4 Å². The molecule has 28 heavy (non-hydrogen) atoms. The zero-order valence-electron chi connectivity index (χ0n) is 15.6. The van der Waals surface area contributed by atoms with E-state index >= 15 is 0 Å². The number of nitrogens with one attached hydrogen (secondary N) is 1. The fourth-order valence-corrected chi connectivity index (χ4v) is 3.80. The third kappa shape index (κ3) is 5.06. The molecule has 1 aliphatic heterocycles. The van der Waals surface area contributed by atoms with Gasteiger partial charge in [0.15, 0.2) is 0 Å². The summed E-state index contributed by atoms with van der Waals surface area (Å²) in [4.78, 5) is 18.2. The number of carbonyl (C=O) groups excluding carboxylic acids is 1. The Bertz CT molecular complexity index is 909. The summed E-state index contributed by atoms with van der Waals surface area (Å²) in [6, 6.07) is 9.31. The quantitative estimate of drug-likeness (QED) is 0.698. The molecule has 2 aromatic rings. The van der Waals surface area contributed by atoms with Crippen molar-refractivity contribution in [3.8, 4) is 0 Å². The minimum Gasteiger partial charge on any atom is -0.462 e. The lowest BCUT2D eigenvalue weighted by Gasteiger charge is -2.28. The SMILES string of the molecule is CCOC(=O)c1ccc(S(=O)(=O)NCc2ccnc(N3CCOCC3)c2)cc1. The molecule has 0 atom stereocenters. The third-order valence-electron chi connectivity index (χ3n) is 4.29. The van der Waals surface area contributed by atoms with Gasteiger partial charge in [0.05, 0.1) is 30.3 Å². The number of hydrogen-bond donors (Lipinski definition) is 1. The van der Waals surface area contributed by atoms with Crippen molar-refractivity contribution in [3.63, 3.8) is 0 Å². The Morgan fingerprint density at radius 3 is 2.61 bits per heavy atom. The summed E-state index contributed by atoms with van der Waals surface area (Å²) in [5, 5.41) is 0. The second kappa shape index (κ2) is 9.13. The molecule has 0 spiro atoms. The Labute approximate surface area is 164 Å². The molecule has 0 amide bonds. The number of sulfonamides is 1. The largest absolute Gasteiger partial charge is 0.462 e. The van der Waals surface area contributed by atoms with Gasteiger partial charge in [-0.2, -0.15) is 0 Å². The lowest BCUT2D eigenvalue weighted by Crippen LogP contribution is -2.36. The van der Waals surface area contributed by atoms with Crippen LogP contribution in [-0.2, 0) is 26.0 Å². The lowest BCUT2D eigenvalue weighted by molar-refractivity contribution is 0.0526. The smallest absolute Gasteiger partial charge is 0.338 e. The van der Waals surface area contributed by atoms with Crippen LogP contribution in [0.5, 0.6) is 0 Å². The number of ether oxygens (including phenoxy) is 2. The monoisotopic (exact) mass is 405 g/mol. The minimum atomic E-state index is -3.71. The van der Waals surface area contributed by atoms with Crippen LogP contribution in [0.1, 0.15) is 22.8 Å². The van der Waals surface area contributed by atoms with E-state index in [0.717, 1.165) is 24.5 Å². The number of anilines is 1. The van der Waals surface area contributed by atoms with Gasteiger partial charge in [0.25, 0.3) is 0 Å². The summed E-state index contributed by atoms with van der Waals surface area (Å²) >= 11 is 0. The van der Waals surface area contributed by atoms with E-state index in [4.69, 9.17) is 9.47 Å². The Hall–Kier alpha value is -2.49. The van der Waals surface area contributed by atoms with Gasteiger partial charge < -0.3 is 14.4 Å². The highest BCUT2D eigenvalue weighted by molar-refractivity contribution is 7.89. The van der Waals surface area contributed by atoms with Crippen molar-refractivity contribution in [1.29, 1.82) is 0 Å². The van der Waals surface area contributed by atoms with E-state index in [2.05, 4.69) is 14.6 Å². The van der Waals surface area contributed by atoms with E-state index < -0.39 is 16.0 Å². The summed E-state index contributed by atoms with van der Waals surface area (Å²) in [5.41, 5.74) is 1.12. The number of pyridine rings is 1. The van der Waals surface area contributed by atoms with Crippen LogP contribution >= 0.6 is 0 Å². The molecule has 0 aliphatic carbocycles. The molecule has 150 valence electrons. The van der Waals surface area contributed by atoms with Gasteiger partial charge in [-0.05, 0) is 48.9 Å². The van der Waals surface area contributed by atoms with Crippen molar-refractivity contribution in [2.24, 2.45) is 0 Å². The summed E-state index contributed by atoms with van der Waals surface area (Å²) in [6.45, 7) is 4.94. The number of aromatic nitrogens is 1. The Morgan fingerprint density at radius 2 is 1.93 bits per heavy atom. The zero-order valence-corrected chi connectivity index (χ0v) is 16.4. The number of nitrogens with zero attached hydrogens (tertiary/aromatic N) is 2. The van der Waals surface area contributed by atoms with Crippen molar-refractivity contribution < 1.29 is 22.7 Å². The predicted molar refractivity (Wildman–Crippen MR) is 104 cm³/mol. The van der Waals surface area contributed by atoms with Crippen LogP contribution in [0, 0.1) is 0 Å². The lowest BCUT2D eigenvalue weighted by atomic mass is 10.2. The molecule has 1 fully saturated rings. The average Bonchev–Trinajstić information content (AvgIpc) is 2.73. The Kier molecular flexibility index (Phi) is 6.61. The molecular weight excluding hydrogens is 382 g/mol. The summed E-state index contributed by atoms with van der Waals surface area (Å²) < 4.78 is 37.9. The molecule has 9 heteroatoms. The molecule has 1 N–H and O–H groups in total. The van der Waals surface area contributed by atoms with Crippen molar-refractivity contribution in [2.75, 3.05) is 37.8 Å². The van der Waals surface area contributed by atoms with Gasteiger partial charge in [0, 0.05) is 25.8 Å². The third-order valence-corrected chi connectivity index (χ3v) is 5.70. The molecule has 0 radical (unpaired) electrons. The topological polar surface area (TPSA) is 97.8 Å². The first kappa shape index (κ1) is 20.2. The first-order chi connectivity index (χ1) is 13.5. The highest BCUT2D eigenvalue weighted by Gasteiger charge is 2.16. The van der Waals surface area contributed by atoms with E-state index in [9.17, 15) is 13.2 Å². The van der Waals surface area contributed by atoms with Crippen LogP contribution in [0.4, 0.5) is 5.82 Å². The Morgan fingerprint density at radius 1 is 1.21 bits per heavy atom. The molecule has 0 bridgehead atoms. The van der Waals surface area contributed by atoms with Crippen molar-refractivity contribution >= 4 is 21.8 Å². The molecule has 2 heterocycles. The molecule has 1 aromatic heterocycles. The number of rotatable bonds is 7. The molecule has 0 unspecified atom stereocenters. The summed E-state index contributed by atoms with van der Waals surface area (Å²) in [7, 11) is -3.71. The van der Waals surface area contributed by atoms with Crippen LogP contribution in [-0.4, -0.2) is 52.3 Å². The highest BCUT2D eigenvalue weighted by Crippen LogP contribution is 2.16. The number of morpholine rings is 1. The average molecular weight is 405 g/mol. The number of esters is 1. The molecule has 0 saturated carbocycles. The first-order valence-corrected chi connectivity index (χ1v) is 10.5. The predicted octanol–water partition coefficient (Wildman–Crippen LogP) is 1.57. The Balaban J connectivity index is 1.65. The molecule has 1 aromatic carbocycles. The van der Waals surface area contributed by atoms with E-state index in [0.29, 0.717) is 18.8 Å². The fourth-order valence-electron chi connectivity index (χ4n) is 2.78. The van der Waals surface area contributed by atoms with Gasteiger partial charge in [0.2, 0.25) is 10.0 Å². The normalized spacial score (nSPS) is 14.7. The van der Waals surface area contributed by atoms with Crippen LogP contribution in [0.25, 0.3) is 0 Å². The van der Waals surface area contributed by atoms with Gasteiger partial charge in [-0.3, -0.25) is 0 Å². The van der Waals surface area contributed by atoms with Crippen LogP contribution < -0.4 is 9.62 Å². The maximum absolute atomic E-state index is 12.5. The summed E-state index contributed by atoms with van der Waals surface area (Å²) in [6.07, 6.45) is 1.67. The number of hydrogen-bond acceptors (Lipinski definition) is 7. The molecule has 8 nitrogen and oxygen atoms in total. The van der Waals surface area contributed by atoms with E-state index in [1.807, 2.05) is 6.07 Å². The van der Waals surface area contributed by atoms with Gasteiger partial charge in [-0.25, -0.2) is 22.9 Å². The number of carbonyl (C=O) groups is 1. The van der Waals surface area contributed by atoms with Gasteiger partial charge in [-0.1, -0.05) is 0 Å².